The first-order valence-corrected chi connectivity index (χ1v) is 9.35. The molecule has 6 nitrogen and oxygen atoms in total. The number of hydrogen-bond donors (Lipinski definition) is 2. The highest BCUT2D eigenvalue weighted by atomic mass is 16.3. The second kappa shape index (κ2) is 7.80. The number of likely N-dealkylation sites (tertiary alicyclic amines) is 1. The van der Waals surface area contributed by atoms with Crippen molar-refractivity contribution < 1.29 is 9.21 Å². The molecule has 1 fully saturated rings. The van der Waals surface area contributed by atoms with E-state index in [1.54, 1.807) is 6.20 Å². The molecular formula is C21H24N4O2. The Hall–Kier alpha value is -2.86. The molecule has 1 saturated heterocycles. The van der Waals surface area contributed by atoms with E-state index in [9.17, 15) is 4.79 Å². The molecule has 3 aromatic rings. The summed E-state index contributed by atoms with van der Waals surface area (Å²) >= 11 is 0. The topological polar surface area (TPSA) is 70.4 Å². The van der Waals surface area contributed by atoms with Crippen LogP contribution in [0.2, 0.25) is 0 Å². The Labute approximate surface area is 158 Å². The van der Waals surface area contributed by atoms with Crippen molar-refractivity contribution in [2.75, 3.05) is 18.4 Å². The largest absolute Gasteiger partial charge is 0.461 e. The Morgan fingerprint density at radius 1 is 1.33 bits per heavy atom. The number of nitrogens with one attached hydrogen (secondary N) is 2. The quantitative estimate of drug-likeness (QED) is 0.736. The van der Waals surface area contributed by atoms with Crippen molar-refractivity contribution in [2.24, 2.45) is 0 Å². The average Bonchev–Trinajstić information content (AvgIpc) is 3.02. The lowest BCUT2D eigenvalue weighted by molar-refractivity contribution is 0.183. The number of piperidine rings is 1. The van der Waals surface area contributed by atoms with Gasteiger partial charge in [0.1, 0.15) is 11.3 Å². The second-order valence-electron chi connectivity index (χ2n) is 7.14. The van der Waals surface area contributed by atoms with Gasteiger partial charge in [-0.25, -0.2) is 4.79 Å². The fourth-order valence-electron chi connectivity index (χ4n) is 3.67. The van der Waals surface area contributed by atoms with E-state index in [0.717, 1.165) is 54.9 Å². The minimum atomic E-state index is -0.164. The molecule has 1 atom stereocenters. The zero-order valence-electron chi connectivity index (χ0n) is 15.4. The van der Waals surface area contributed by atoms with Crippen molar-refractivity contribution in [1.29, 1.82) is 0 Å². The molecule has 0 radical (unpaired) electrons. The lowest BCUT2D eigenvalue weighted by Crippen LogP contribution is -2.48. The van der Waals surface area contributed by atoms with Gasteiger partial charge in [0.2, 0.25) is 0 Å². The summed E-state index contributed by atoms with van der Waals surface area (Å²) in [5.41, 5.74) is 2.80. The molecular weight excluding hydrogens is 340 g/mol. The molecule has 2 amide bonds. The second-order valence-corrected chi connectivity index (χ2v) is 7.14. The van der Waals surface area contributed by atoms with E-state index in [2.05, 4.69) is 26.6 Å². The van der Waals surface area contributed by atoms with Crippen molar-refractivity contribution in [2.45, 2.75) is 32.4 Å². The van der Waals surface area contributed by atoms with Gasteiger partial charge in [0.25, 0.3) is 0 Å². The smallest absolute Gasteiger partial charge is 0.319 e. The SMILES string of the molecule is Cc1cc2cc(NC(=O)N[C@H]3CCCN(Cc4cccnc4)C3)ccc2o1. The molecule has 1 aromatic carbocycles. The third kappa shape index (κ3) is 4.46. The number of urea groups is 1. The Balaban J connectivity index is 1.32. The van der Waals surface area contributed by atoms with Gasteiger partial charge in [-0.05, 0) is 62.2 Å². The Bertz CT molecular complexity index is 922. The van der Waals surface area contributed by atoms with Crippen molar-refractivity contribution in [1.82, 2.24) is 15.2 Å². The van der Waals surface area contributed by atoms with Gasteiger partial charge in [0.05, 0.1) is 0 Å². The third-order valence-corrected chi connectivity index (χ3v) is 4.87. The van der Waals surface area contributed by atoms with Crippen LogP contribution < -0.4 is 10.6 Å². The number of benzene rings is 1. The number of nitrogens with zero attached hydrogens (tertiary/aromatic N) is 2. The summed E-state index contributed by atoms with van der Waals surface area (Å²) in [4.78, 5) is 19.0. The van der Waals surface area contributed by atoms with Gasteiger partial charge in [0.15, 0.2) is 0 Å². The Morgan fingerprint density at radius 3 is 3.11 bits per heavy atom. The summed E-state index contributed by atoms with van der Waals surface area (Å²) in [6.45, 7) is 4.68. The monoisotopic (exact) mass is 364 g/mol. The van der Waals surface area contributed by atoms with Crippen LogP contribution in [0.1, 0.15) is 24.2 Å². The van der Waals surface area contributed by atoms with E-state index >= 15 is 0 Å². The first-order valence-electron chi connectivity index (χ1n) is 9.35. The molecule has 3 heterocycles. The molecule has 1 aliphatic heterocycles. The van der Waals surface area contributed by atoms with E-state index in [1.807, 2.05) is 43.5 Å². The highest BCUT2D eigenvalue weighted by molar-refractivity contribution is 5.92. The summed E-state index contributed by atoms with van der Waals surface area (Å²) in [5, 5.41) is 7.03. The lowest BCUT2D eigenvalue weighted by atomic mass is 10.1. The van der Waals surface area contributed by atoms with Gasteiger partial charge in [0, 0.05) is 42.6 Å². The fourth-order valence-corrected chi connectivity index (χ4v) is 3.67. The molecule has 2 N–H and O–H groups in total. The van der Waals surface area contributed by atoms with Crippen molar-refractivity contribution >= 4 is 22.7 Å². The van der Waals surface area contributed by atoms with E-state index < -0.39 is 0 Å². The zero-order chi connectivity index (χ0) is 18.6. The molecule has 0 bridgehead atoms. The van der Waals surface area contributed by atoms with Gasteiger partial charge in [-0.1, -0.05) is 6.07 Å². The van der Waals surface area contributed by atoms with Gasteiger partial charge >= 0.3 is 6.03 Å². The molecule has 6 heteroatoms. The highest BCUT2D eigenvalue weighted by Gasteiger charge is 2.21. The number of anilines is 1. The van der Waals surface area contributed by atoms with Crippen LogP contribution in [-0.2, 0) is 6.54 Å². The average molecular weight is 364 g/mol. The maximum atomic E-state index is 12.4. The molecule has 0 unspecified atom stereocenters. The van der Waals surface area contributed by atoms with Crippen LogP contribution in [0, 0.1) is 6.92 Å². The minimum absolute atomic E-state index is 0.148. The molecule has 0 spiro atoms. The van der Waals surface area contributed by atoms with Gasteiger partial charge in [-0.15, -0.1) is 0 Å². The number of furan rings is 1. The van der Waals surface area contributed by atoms with E-state index in [-0.39, 0.29) is 12.1 Å². The molecule has 27 heavy (non-hydrogen) atoms. The summed E-state index contributed by atoms with van der Waals surface area (Å²) < 4.78 is 5.57. The minimum Gasteiger partial charge on any atom is -0.461 e. The maximum absolute atomic E-state index is 12.4. The normalized spacial score (nSPS) is 17.7. The van der Waals surface area contributed by atoms with Crippen LogP contribution in [0.3, 0.4) is 0 Å². The molecule has 140 valence electrons. The van der Waals surface area contributed by atoms with Crippen molar-refractivity contribution in [3.63, 3.8) is 0 Å². The lowest BCUT2D eigenvalue weighted by Gasteiger charge is -2.33. The van der Waals surface area contributed by atoms with Crippen molar-refractivity contribution in [3.8, 4) is 0 Å². The number of aryl methyl sites for hydroxylation is 1. The van der Waals surface area contributed by atoms with E-state index in [0.29, 0.717) is 0 Å². The fraction of sp³-hybridized carbons (Fsp3) is 0.333. The summed E-state index contributed by atoms with van der Waals surface area (Å²) in [6, 6.07) is 11.7. The van der Waals surface area contributed by atoms with Gasteiger partial charge in [-0.2, -0.15) is 0 Å². The third-order valence-electron chi connectivity index (χ3n) is 4.87. The molecule has 0 aliphatic carbocycles. The van der Waals surface area contributed by atoms with Crippen LogP contribution in [0.4, 0.5) is 10.5 Å². The summed E-state index contributed by atoms with van der Waals surface area (Å²) in [5.74, 6) is 0.863. The predicted molar refractivity (Wildman–Crippen MR) is 106 cm³/mol. The Kier molecular flexibility index (Phi) is 5.07. The molecule has 4 rings (SSSR count). The molecule has 2 aromatic heterocycles. The van der Waals surface area contributed by atoms with Crippen LogP contribution >= 0.6 is 0 Å². The summed E-state index contributed by atoms with van der Waals surface area (Å²) in [6.07, 6.45) is 5.76. The zero-order valence-corrected chi connectivity index (χ0v) is 15.4. The van der Waals surface area contributed by atoms with E-state index in [1.165, 1.54) is 5.56 Å². The van der Waals surface area contributed by atoms with Crippen LogP contribution in [0.25, 0.3) is 11.0 Å². The van der Waals surface area contributed by atoms with Crippen LogP contribution in [0.5, 0.6) is 0 Å². The standard InChI is InChI=1S/C21H24N4O2/c1-15-10-17-11-18(6-7-20(17)27-15)23-21(26)24-19-5-3-9-25(14-19)13-16-4-2-8-22-12-16/h2,4,6-8,10-12,19H,3,5,9,13-14H2,1H3,(H2,23,24,26)/t19-/m0/s1. The number of amides is 2. The highest BCUT2D eigenvalue weighted by Crippen LogP contribution is 2.22. The first kappa shape index (κ1) is 17.5. The van der Waals surface area contributed by atoms with E-state index in [4.69, 9.17) is 4.42 Å². The number of carbonyl (C=O) groups is 1. The van der Waals surface area contributed by atoms with Crippen LogP contribution in [0.15, 0.2) is 53.2 Å². The van der Waals surface area contributed by atoms with Gasteiger partial charge < -0.3 is 15.1 Å². The first-order chi connectivity index (χ1) is 13.2. The maximum Gasteiger partial charge on any atom is 0.319 e. The number of carbonyl (C=O) groups excluding carboxylic acids is 1. The number of pyridine rings is 1. The predicted octanol–water partition coefficient (Wildman–Crippen LogP) is 3.92. The number of hydrogen-bond acceptors (Lipinski definition) is 4. The summed E-state index contributed by atoms with van der Waals surface area (Å²) in [7, 11) is 0. The van der Waals surface area contributed by atoms with Crippen LogP contribution in [-0.4, -0.2) is 35.0 Å². The molecule has 0 saturated carbocycles. The number of rotatable bonds is 4. The molecule has 1 aliphatic rings. The van der Waals surface area contributed by atoms with Crippen molar-refractivity contribution in [3.05, 3.63) is 60.1 Å². The van der Waals surface area contributed by atoms with Gasteiger partial charge in [-0.3, -0.25) is 9.88 Å². The Morgan fingerprint density at radius 2 is 2.26 bits per heavy atom. The number of aromatic nitrogens is 1. The number of fused-ring (bicyclic) bond motifs is 1.